The molecule has 1 aromatic heterocycles. The first-order valence-corrected chi connectivity index (χ1v) is 10.7. The predicted octanol–water partition coefficient (Wildman–Crippen LogP) is 2.88. The van der Waals surface area contributed by atoms with Crippen molar-refractivity contribution in [2.75, 3.05) is 33.5 Å². The minimum Gasteiger partial charge on any atom is -0.493 e. The van der Waals surface area contributed by atoms with Crippen LogP contribution in [0.2, 0.25) is 0 Å². The molecule has 9 nitrogen and oxygen atoms in total. The van der Waals surface area contributed by atoms with Crippen molar-refractivity contribution >= 4 is 39.0 Å². The first-order valence-electron chi connectivity index (χ1n) is 10.7. The molecule has 182 valence electrons. The fourth-order valence-electron chi connectivity index (χ4n) is 4.04. The summed E-state index contributed by atoms with van der Waals surface area (Å²) in [6.07, 6.45) is 4.36. The number of aromatic nitrogens is 2. The third kappa shape index (κ3) is 6.36. The second-order valence-electron chi connectivity index (χ2n) is 7.69. The predicted molar refractivity (Wildman–Crippen MR) is 133 cm³/mol. The van der Waals surface area contributed by atoms with Gasteiger partial charge in [0.1, 0.15) is 17.6 Å². The zero-order valence-electron chi connectivity index (χ0n) is 18.6. The number of hydrogen-bond acceptors (Lipinski definition) is 6. The first-order chi connectivity index (χ1) is 15.2. The first kappa shape index (κ1) is 26.9. The molecule has 0 saturated carbocycles. The number of carbonyl (C=O) groups excluding carboxylic acids is 2. The Labute approximate surface area is 207 Å². The molecule has 1 fully saturated rings. The second kappa shape index (κ2) is 12.8. The highest BCUT2D eigenvalue weighted by Gasteiger charge is 2.36. The minimum absolute atomic E-state index is 0. The lowest BCUT2D eigenvalue weighted by atomic mass is 10.1. The number of nitrogens with zero attached hydrogens (tertiary/aromatic N) is 2. The Bertz CT molecular complexity index is 926. The number of fused-ring (bicyclic) bond motifs is 6. The van der Waals surface area contributed by atoms with E-state index in [0.717, 1.165) is 48.5 Å². The van der Waals surface area contributed by atoms with Gasteiger partial charge in [0.25, 0.3) is 0 Å². The molecule has 1 aromatic carbocycles. The van der Waals surface area contributed by atoms with Gasteiger partial charge in [-0.05, 0) is 37.8 Å². The van der Waals surface area contributed by atoms with Gasteiger partial charge in [-0.2, -0.15) is 27.0 Å². The highest BCUT2D eigenvalue weighted by atomic mass is 32.1. The molecule has 2 aromatic rings. The molecule has 2 aliphatic heterocycles. The largest absolute Gasteiger partial charge is 0.493 e. The van der Waals surface area contributed by atoms with Gasteiger partial charge >= 0.3 is 6.09 Å². The van der Waals surface area contributed by atoms with Crippen molar-refractivity contribution in [3.63, 3.8) is 0 Å². The van der Waals surface area contributed by atoms with E-state index >= 15 is 0 Å². The summed E-state index contributed by atoms with van der Waals surface area (Å²) in [5, 5.41) is 2.61. The van der Waals surface area contributed by atoms with E-state index in [0.29, 0.717) is 19.8 Å². The average Bonchev–Trinajstić information content (AvgIpc) is 3.46. The molecule has 3 heterocycles. The monoisotopic (exact) mass is 496 g/mol. The van der Waals surface area contributed by atoms with Gasteiger partial charge in [-0.15, -0.1) is 0 Å². The maximum absolute atomic E-state index is 13.3. The molecule has 1 saturated heterocycles. The Hall–Kier alpha value is -2.37. The zero-order valence-corrected chi connectivity index (χ0v) is 20.6. The van der Waals surface area contributed by atoms with Gasteiger partial charge in [-0.1, -0.05) is 12.1 Å². The van der Waals surface area contributed by atoms with Gasteiger partial charge in [0.15, 0.2) is 0 Å². The molecule has 0 radical (unpaired) electrons. The molecular weight excluding hydrogens is 464 g/mol. The van der Waals surface area contributed by atoms with Crippen molar-refractivity contribution in [3.8, 4) is 17.0 Å². The summed E-state index contributed by atoms with van der Waals surface area (Å²) in [6.45, 7) is 1.71. The molecule has 2 amide bonds. The van der Waals surface area contributed by atoms with E-state index in [1.54, 1.807) is 11.1 Å². The van der Waals surface area contributed by atoms with Crippen LogP contribution in [0.1, 0.15) is 37.5 Å². The van der Waals surface area contributed by atoms with E-state index in [-0.39, 0.29) is 45.5 Å². The third-order valence-electron chi connectivity index (χ3n) is 5.62. The fourth-order valence-corrected chi connectivity index (χ4v) is 4.04. The second-order valence-corrected chi connectivity index (χ2v) is 7.69. The maximum Gasteiger partial charge on any atom is 0.407 e. The number of amides is 2. The van der Waals surface area contributed by atoms with Crippen molar-refractivity contribution in [1.82, 2.24) is 20.2 Å². The lowest BCUT2D eigenvalue weighted by Crippen LogP contribution is -2.50. The molecule has 2 aliphatic rings. The molecule has 2 bridgehead atoms. The molecular formula is C22H32N4O5S2. The zero-order chi connectivity index (χ0) is 21.6. The third-order valence-corrected chi connectivity index (χ3v) is 5.62. The van der Waals surface area contributed by atoms with Crippen LogP contribution in [0.4, 0.5) is 4.79 Å². The maximum atomic E-state index is 13.3. The Balaban J connectivity index is 0.00000193. The SMILES string of the molecule is COC(=O)N[C@H]1COCCCCOc2ccccc2-c2cnc([nH]2)[C@@H]2CCCN2C1=O.S.S. The van der Waals surface area contributed by atoms with Gasteiger partial charge < -0.3 is 29.4 Å². The molecule has 0 spiro atoms. The Morgan fingerprint density at radius 3 is 2.82 bits per heavy atom. The van der Waals surface area contributed by atoms with Crippen molar-refractivity contribution in [2.24, 2.45) is 0 Å². The summed E-state index contributed by atoms with van der Waals surface area (Å²) >= 11 is 0. The number of rotatable bonds is 1. The van der Waals surface area contributed by atoms with Crippen molar-refractivity contribution in [1.29, 1.82) is 0 Å². The molecule has 2 N–H and O–H groups in total. The number of methoxy groups -OCH3 is 1. The number of aromatic amines is 1. The van der Waals surface area contributed by atoms with Crippen LogP contribution >= 0.6 is 27.0 Å². The van der Waals surface area contributed by atoms with E-state index < -0.39 is 12.1 Å². The summed E-state index contributed by atoms with van der Waals surface area (Å²) < 4.78 is 16.4. The number of ether oxygens (including phenoxy) is 3. The van der Waals surface area contributed by atoms with E-state index in [4.69, 9.17) is 14.2 Å². The summed E-state index contributed by atoms with van der Waals surface area (Å²) in [4.78, 5) is 34.8. The van der Waals surface area contributed by atoms with Gasteiger partial charge in [0, 0.05) is 18.7 Å². The van der Waals surface area contributed by atoms with Crippen LogP contribution in [0, 0.1) is 0 Å². The fraction of sp³-hybridized carbons (Fsp3) is 0.500. The number of nitrogens with one attached hydrogen (secondary N) is 2. The van der Waals surface area contributed by atoms with Gasteiger partial charge in [0.05, 0.1) is 38.3 Å². The minimum atomic E-state index is -0.813. The summed E-state index contributed by atoms with van der Waals surface area (Å²) in [7, 11) is 1.27. The van der Waals surface area contributed by atoms with E-state index in [9.17, 15) is 9.59 Å². The Morgan fingerprint density at radius 1 is 1.21 bits per heavy atom. The number of alkyl carbamates (subject to hydrolysis) is 1. The summed E-state index contributed by atoms with van der Waals surface area (Å²) in [5.41, 5.74) is 1.79. The average molecular weight is 497 g/mol. The number of imidazole rings is 1. The summed E-state index contributed by atoms with van der Waals surface area (Å²) in [6, 6.07) is 6.85. The van der Waals surface area contributed by atoms with Crippen LogP contribution < -0.4 is 10.1 Å². The van der Waals surface area contributed by atoms with Gasteiger partial charge in [-0.25, -0.2) is 9.78 Å². The van der Waals surface area contributed by atoms with Crippen molar-refractivity contribution in [3.05, 3.63) is 36.3 Å². The number of hydrogen-bond donors (Lipinski definition) is 2. The van der Waals surface area contributed by atoms with E-state index in [1.807, 2.05) is 24.3 Å². The lowest BCUT2D eigenvalue weighted by Gasteiger charge is -2.28. The smallest absolute Gasteiger partial charge is 0.407 e. The van der Waals surface area contributed by atoms with Crippen molar-refractivity contribution in [2.45, 2.75) is 37.8 Å². The number of H-pyrrole nitrogens is 1. The highest BCUT2D eigenvalue weighted by Crippen LogP contribution is 2.34. The van der Waals surface area contributed by atoms with Crippen molar-refractivity contribution < 1.29 is 23.8 Å². The molecule has 0 unspecified atom stereocenters. The van der Waals surface area contributed by atoms with Crippen LogP contribution in [-0.4, -0.2) is 66.4 Å². The van der Waals surface area contributed by atoms with Gasteiger partial charge in [-0.3, -0.25) is 4.79 Å². The number of carbonyl (C=O) groups is 2. The Kier molecular flexibility index (Phi) is 10.4. The quantitative estimate of drug-likeness (QED) is 0.629. The standard InChI is InChI=1S/C22H28N4O5.2H2S/c1-29-22(28)25-17-14-30-11-4-5-12-31-19-9-3-2-7-15(19)16-13-23-20(24-16)18-8-6-10-26(18)21(17)27;;/h2-3,7,9,13,17-18H,4-6,8,10-12,14H2,1H3,(H,23,24)(H,25,28);2*1H2/t17-,18-;;/m0../s1. The van der Waals surface area contributed by atoms with Crippen LogP contribution in [0.3, 0.4) is 0 Å². The number of benzene rings is 1. The molecule has 2 atom stereocenters. The lowest BCUT2D eigenvalue weighted by molar-refractivity contribution is -0.136. The topological polar surface area (TPSA) is 106 Å². The normalized spacial score (nSPS) is 20.9. The van der Waals surface area contributed by atoms with E-state index in [2.05, 4.69) is 15.3 Å². The molecule has 33 heavy (non-hydrogen) atoms. The molecule has 11 heteroatoms. The molecule has 0 aliphatic carbocycles. The Morgan fingerprint density at radius 2 is 2.00 bits per heavy atom. The molecule has 4 rings (SSSR count). The van der Waals surface area contributed by atoms with Crippen LogP contribution in [0.5, 0.6) is 5.75 Å². The van der Waals surface area contributed by atoms with E-state index in [1.165, 1.54) is 7.11 Å². The highest BCUT2D eigenvalue weighted by molar-refractivity contribution is 7.59. The van der Waals surface area contributed by atoms with Crippen LogP contribution in [0.15, 0.2) is 30.5 Å². The summed E-state index contributed by atoms with van der Waals surface area (Å²) in [5.74, 6) is 1.33. The van der Waals surface area contributed by atoms with Crippen LogP contribution in [0.25, 0.3) is 11.3 Å². The van der Waals surface area contributed by atoms with Gasteiger partial charge in [0.2, 0.25) is 5.91 Å². The number of para-hydroxylation sites is 1. The van der Waals surface area contributed by atoms with Crippen LogP contribution in [-0.2, 0) is 14.3 Å².